The third kappa shape index (κ3) is 2.45. The number of carbonyl (C=O) groups is 1. The summed E-state index contributed by atoms with van der Waals surface area (Å²) in [5.74, 6) is 0.640. The first kappa shape index (κ1) is 10.5. The van der Waals surface area contributed by atoms with Crippen LogP contribution < -0.4 is 0 Å². The monoisotopic (exact) mass is 194 g/mol. The van der Waals surface area contributed by atoms with Crippen LogP contribution in [0.15, 0.2) is 24.0 Å². The van der Waals surface area contributed by atoms with Crippen molar-refractivity contribution in [2.75, 3.05) is 7.11 Å². The summed E-state index contributed by atoms with van der Waals surface area (Å²) in [6.45, 7) is 4.30. The van der Waals surface area contributed by atoms with Gasteiger partial charge in [-0.1, -0.05) is 6.08 Å². The molecule has 4 nitrogen and oxygen atoms in total. The highest BCUT2D eigenvalue weighted by Crippen LogP contribution is 2.00. The predicted octanol–water partition coefficient (Wildman–Crippen LogP) is 1.31. The summed E-state index contributed by atoms with van der Waals surface area (Å²) >= 11 is 0. The van der Waals surface area contributed by atoms with E-state index >= 15 is 0 Å². The number of methoxy groups -OCH3 is 1. The van der Waals surface area contributed by atoms with Crippen LogP contribution in [0.3, 0.4) is 0 Å². The Morgan fingerprint density at radius 1 is 1.71 bits per heavy atom. The van der Waals surface area contributed by atoms with Gasteiger partial charge in [0, 0.05) is 24.5 Å². The molecule has 0 bridgehead atoms. The standard InChI is InChI=1S/C10H14N2O2/c1-8(10(13)14-3)4-6-12-7-5-11-9(12)2/h4-5,7H,6H2,1-3H3. The van der Waals surface area contributed by atoms with Gasteiger partial charge in [0.25, 0.3) is 0 Å². The minimum Gasteiger partial charge on any atom is -0.466 e. The van der Waals surface area contributed by atoms with Gasteiger partial charge >= 0.3 is 5.97 Å². The lowest BCUT2D eigenvalue weighted by molar-refractivity contribution is -0.136. The van der Waals surface area contributed by atoms with Crippen LogP contribution in [0, 0.1) is 6.92 Å². The first-order valence-corrected chi connectivity index (χ1v) is 4.38. The van der Waals surface area contributed by atoms with Gasteiger partial charge in [-0.3, -0.25) is 0 Å². The number of hydrogen-bond acceptors (Lipinski definition) is 3. The molecule has 1 rings (SSSR count). The van der Waals surface area contributed by atoms with Crippen LogP contribution in [0.5, 0.6) is 0 Å². The van der Waals surface area contributed by atoms with E-state index in [2.05, 4.69) is 9.72 Å². The van der Waals surface area contributed by atoms with Gasteiger partial charge in [0.2, 0.25) is 0 Å². The van der Waals surface area contributed by atoms with E-state index in [1.54, 1.807) is 13.1 Å². The van der Waals surface area contributed by atoms with Gasteiger partial charge in [-0.05, 0) is 13.8 Å². The zero-order valence-electron chi connectivity index (χ0n) is 8.65. The summed E-state index contributed by atoms with van der Waals surface area (Å²) in [4.78, 5) is 15.1. The average Bonchev–Trinajstić information content (AvgIpc) is 2.59. The SMILES string of the molecule is COC(=O)C(C)=CCn1ccnc1C. The second kappa shape index (κ2) is 4.60. The van der Waals surface area contributed by atoms with Crippen molar-refractivity contribution in [1.29, 1.82) is 0 Å². The predicted molar refractivity (Wildman–Crippen MR) is 52.7 cm³/mol. The fourth-order valence-corrected chi connectivity index (χ4v) is 1.08. The van der Waals surface area contributed by atoms with Crippen molar-refractivity contribution >= 4 is 5.97 Å². The van der Waals surface area contributed by atoms with E-state index in [1.165, 1.54) is 7.11 Å². The van der Waals surface area contributed by atoms with Gasteiger partial charge in [0.05, 0.1) is 7.11 Å². The van der Waals surface area contributed by atoms with Gasteiger partial charge in [0.1, 0.15) is 5.82 Å². The van der Waals surface area contributed by atoms with Crippen molar-refractivity contribution in [3.8, 4) is 0 Å². The van der Waals surface area contributed by atoms with E-state index in [0.29, 0.717) is 12.1 Å². The van der Waals surface area contributed by atoms with Gasteiger partial charge in [-0.25, -0.2) is 9.78 Å². The van der Waals surface area contributed by atoms with Crippen molar-refractivity contribution < 1.29 is 9.53 Å². The molecule has 0 spiro atoms. The smallest absolute Gasteiger partial charge is 0.333 e. The molecule has 0 aromatic carbocycles. The maximum Gasteiger partial charge on any atom is 0.333 e. The normalized spacial score (nSPS) is 11.5. The third-order valence-corrected chi connectivity index (χ3v) is 2.03. The molecular formula is C10H14N2O2. The van der Waals surface area contributed by atoms with Crippen LogP contribution in [-0.4, -0.2) is 22.6 Å². The van der Waals surface area contributed by atoms with Crippen molar-refractivity contribution in [3.63, 3.8) is 0 Å². The van der Waals surface area contributed by atoms with E-state index in [9.17, 15) is 4.79 Å². The number of allylic oxidation sites excluding steroid dienone is 1. The number of imidazole rings is 1. The molecule has 0 aliphatic heterocycles. The molecule has 0 unspecified atom stereocenters. The Hall–Kier alpha value is -1.58. The number of aromatic nitrogens is 2. The van der Waals surface area contributed by atoms with E-state index < -0.39 is 0 Å². The summed E-state index contributed by atoms with van der Waals surface area (Å²) in [7, 11) is 1.38. The Labute approximate surface area is 83.2 Å². The Morgan fingerprint density at radius 2 is 2.43 bits per heavy atom. The maximum atomic E-state index is 11.0. The fourth-order valence-electron chi connectivity index (χ4n) is 1.08. The Morgan fingerprint density at radius 3 is 2.93 bits per heavy atom. The Bertz CT molecular complexity index is 353. The van der Waals surface area contributed by atoms with E-state index in [4.69, 9.17) is 0 Å². The molecule has 1 aromatic heterocycles. The highest BCUT2D eigenvalue weighted by Gasteiger charge is 2.02. The topological polar surface area (TPSA) is 44.1 Å². The number of esters is 1. The summed E-state index contributed by atoms with van der Waals surface area (Å²) in [5.41, 5.74) is 0.612. The molecule has 0 saturated heterocycles. The lowest BCUT2D eigenvalue weighted by Crippen LogP contribution is -2.04. The Balaban J connectivity index is 2.63. The minimum absolute atomic E-state index is 0.289. The molecule has 1 heterocycles. The molecule has 0 radical (unpaired) electrons. The number of hydrogen-bond donors (Lipinski definition) is 0. The average molecular weight is 194 g/mol. The van der Waals surface area contributed by atoms with Gasteiger partial charge in [-0.15, -0.1) is 0 Å². The first-order chi connectivity index (χ1) is 6.65. The van der Waals surface area contributed by atoms with Gasteiger partial charge in [-0.2, -0.15) is 0 Å². The summed E-state index contributed by atoms with van der Waals surface area (Å²) < 4.78 is 6.53. The van der Waals surface area contributed by atoms with Crippen LogP contribution in [0.2, 0.25) is 0 Å². The molecule has 0 amide bonds. The lowest BCUT2D eigenvalue weighted by atomic mass is 10.3. The number of carbonyl (C=O) groups excluding carboxylic acids is 1. The fraction of sp³-hybridized carbons (Fsp3) is 0.400. The second-order valence-electron chi connectivity index (χ2n) is 3.01. The molecular weight excluding hydrogens is 180 g/mol. The van der Waals surface area contributed by atoms with Crippen molar-refractivity contribution in [1.82, 2.24) is 9.55 Å². The molecule has 0 aliphatic carbocycles. The quantitative estimate of drug-likeness (QED) is 0.538. The minimum atomic E-state index is -0.289. The van der Waals surface area contributed by atoms with Gasteiger partial charge < -0.3 is 9.30 Å². The van der Waals surface area contributed by atoms with Crippen LogP contribution in [0.4, 0.5) is 0 Å². The van der Waals surface area contributed by atoms with E-state index in [-0.39, 0.29) is 5.97 Å². The van der Waals surface area contributed by atoms with Crippen LogP contribution in [0.25, 0.3) is 0 Å². The number of ether oxygens (including phenoxy) is 1. The van der Waals surface area contributed by atoms with Crippen LogP contribution >= 0.6 is 0 Å². The highest BCUT2D eigenvalue weighted by molar-refractivity contribution is 5.87. The number of rotatable bonds is 3. The zero-order chi connectivity index (χ0) is 10.6. The maximum absolute atomic E-state index is 11.0. The Kier molecular flexibility index (Phi) is 3.45. The zero-order valence-corrected chi connectivity index (χ0v) is 8.65. The van der Waals surface area contributed by atoms with Crippen molar-refractivity contribution in [2.24, 2.45) is 0 Å². The van der Waals surface area contributed by atoms with Crippen LogP contribution in [-0.2, 0) is 16.1 Å². The number of aryl methyl sites for hydroxylation is 1. The summed E-state index contributed by atoms with van der Waals surface area (Å²) in [5, 5.41) is 0. The number of nitrogens with zero attached hydrogens (tertiary/aromatic N) is 2. The van der Waals surface area contributed by atoms with E-state index in [1.807, 2.05) is 23.8 Å². The van der Waals surface area contributed by atoms with Gasteiger partial charge in [0.15, 0.2) is 0 Å². The molecule has 0 atom stereocenters. The lowest BCUT2D eigenvalue weighted by Gasteiger charge is -2.01. The van der Waals surface area contributed by atoms with Crippen molar-refractivity contribution in [3.05, 3.63) is 29.9 Å². The molecule has 4 heteroatoms. The molecule has 0 fully saturated rings. The molecule has 14 heavy (non-hydrogen) atoms. The largest absolute Gasteiger partial charge is 0.466 e. The highest BCUT2D eigenvalue weighted by atomic mass is 16.5. The molecule has 0 saturated carbocycles. The first-order valence-electron chi connectivity index (χ1n) is 4.38. The molecule has 76 valence electrons. The van der Waals surface area contributed by atoms with Crippen molar-refractivity contribution in [2.45, 2.75) is 20.4 Å². The molecule has 1 aromatic rings. The second-order valence-corrected chi connectivity index (χ2v) is 3.01. The van der Waals surface area contributed by atoms with Crippen LogP contribution in [0.1, 0.15) is 12.7 Å². The summed E-state index contributed by atoms with van der Waals surface area (Å²) in [6, 6.07) is 0. The van der Waals surface area contributed by atoms with E-state index in [0.717, 1.165) is 5.82 Å². The third-order valence-electron chi connectivity index (χ3n) is 2.03. The summed E-state index contributed by atoms with van der Waals surface area (Å²) in [6.07, 6.45) is 5.42. The molecule has 0 N–H and O–H groups in total. The molecule has 0 aliphatic rings.